The van der Waals surface area contributed by atoms with Crippen molar-refractivity contribution in [3.63, 3.8) is 0 Å². The van der Waals surface area contributed by atoms with Crippen molar-refractivity contribution in [2.24, 2.45) is 0 Å². The van der Waals surface area contributed by atoms with Crippen LogP contribution in [-0.4, -0.2) is 22.1 Å². The zero-order valence-corrected chi connectivity index (χ0v) is 13.1. The van der Waals surface area contributed by atoms with Gasteiger partial charge in [0.2, 0.25) is 0 Å². The molecule has 0 saturated heterocycles. The van der Waals surface area contributed by atoms with E-state index in [1.54, 1.807) is 12.1 Å². The Hall–Kier alpha value is -3.05. The van der Waals surface area contributed by atoms with Crippen LogP contribution in [0.3, 0.4) is 0 Å². The average Bonchev–Trinajstić information content (AvgIpc) is 2.60. The zero-order valence-electron chi connectivity index (χ0n) is 13.1. The number of benzene rings is 3. The van der Waals surface area contributed by atoms with Crippen molar-refractivity contribution in [3.8, 4) is 17.2 Å². The van der Waals surface area contributed by atoms with Crippen LogP contribution in [0.1, 0.15) is 22.3 Å². The molecular formula is C20H14O5. The fraction of sp³-hybridized carbons (Fsp3) is 0.150. The largest absolute Gasteiger partial charge is 0.507 e. The van der Waals surface area contributed by atoms with E-state index < -0.39 is 11.9 Å². The van der Waals surface area contributed by atoms with E-state index in [0.29, 0.717) is 17.1 Å². The number of aliphatic hydroxyl groups is 1. The van der Waals surface area contributed by atoms with Crippen LogP contribution in [0.4, 0.5) is 0 Å². The quantitative estimate of drug-likeness (QED) is 0.661. The molecule has 124 valence electrons. The van der Waals surface area contributed by atoms with Crippen LogP contribution < -0.4 is 9.47 Å². The van der Waals surface area contributed by atoms with Crippen molar-refractivity contribution in [3.05, 3.63) is 65.7 Å². The first kappa shape index (κ1) is 14.3. The molecule has 0 bridgehead atoms. The lowest BCUT2D eigenvalue weighted by atomic mass is 9.82. The molecule has 2 aliphatic rings. The van der Waals surface area contributed by atoms with Crippen molar-refractivity contribution >= 4 is 16.6 Å². The summed E-state index contributed by atoms with van der Waals surface area (Å²) in [7, 11) is 0. The van der Waals surface area contributed by atoms with Crippen LogP contribution in [0, 0.1) is 0 Å². The van der Waals surface area contributed by atoms with Gasteiger partial charge in [-0.1, -0.05) is 36.4 Å². The summed E-state index contributed by atoms with van der Waals surface area (Å²) in [4.78, 5) is 12.3. The molecule has 0 amide bonds. The average molecular weight is 334 g/mol. The van der Waals surface area contributed by atoms with E-state index in [1.807, 2.05) is 36.4 Å². The summed E-state index contributed by atoms with van der Waals surface area (Å²) >= 11 is 0. The zero-order chi connectivity index (χ0) is 17.2. The molecule has 1 aliphatic heterocycles. The van der Waals surface area contributed by atoms with Crippen molar-refractivity contribution in [2.75, 3.05) is 0 Å². The predicted octanol–water partition coefficient (Wildman–Crippen LogP) is 3.12. The van der Waals surface area contributed by atoms with Crippen molar-refractivity contribution in [1.29, 1.82) is 0 Å². The third-order valence-corrected chi connectivity index (χ3v) is 4.87. The number of Topliss-reactive ketones (excluding diaryl/α,β-unsaturated/α-hetero) is 1. The Bertz CT molecular complexity index is 999. The highest BCUT2D eigenvalue weighted by atomic mass is 16.7. The smallest absolute Gasteiger partial charge is 0.305 e. The summed E-state index contributed by atoms with van der Waals surface area (Å²) in [5.74, 6) is -0.900. The number of phenols is 1. The van der Waals surface area contributed by atoms with Gasteiger partial charge >= 0.3 is 5.79 Å². The fourth-order valence-corrected chi connectivity index (χ4v) is 3.75. The minimum Gasteiger partial charge on any atom is -0.507 e. The molecule has 0 radical (unpaired) electrons. The molecule has 25 heavy (non-hydrogen) atoms. The van der Waals surface area contributed by atoms with E-state index in [9.17, 15) is 15.0 Å². The maximum absolute atomic E-state index is 12.3. The van der Waals surface area contributed by atoms with Gasteiger partial charge in [-0.2, -0.15) is 0 Å². The maximum Gasteiger partial charge on any atom is 0.305 e. The molecule has 1 heterocycles. The molecule has 5 nitrogen and oxygen atoms in total. The number of ketones is 1. The van der Waals surface area contributed by atoms with E-state index in [-0.39, 0.29) is 23.5 Å². The minimum absolute atomic E-state index is 0.138. The van der Waals surface area contributed by atoms with Gasteiger partial charge in [0.25, 0.3) is 0 Å². The second-order valence-corrected chi connectivity index (χ2v) is 6.32. The van der Waals surface area contributed by atoms with Gasteiger partial charge in [-0.05, 0) is 23.6 Å². The summed E-state index contributed by atoms with van der Waals surface area (Å²) in [6, 6.07) is 15.9. The Balaban J connectivity index is 1.80. The van der Waals surface area contributed by atoms with Crippen LogP contribution in [0.5, 0.6) is 17.2 Å². The lowest BCUT2D eigenvalue weighted by molar-refractivity contribution is -0.200. The number of carbonyl (C=O) groups excluding carboxylic acids is 1. The van der Waals surface area contributed by atoms with Crippen LogP contribution in [0.25, 0.3) is 10.8 Å². The van der Waals surface area contributed by atoms with Gasteiger partial charge in [-0.25, -0.2) is 0 Å². The van der Waals surface area contributed by atoms with Crippen LogP contribution >= 0.6 is 0 Å². The fourth-order valence-electron chi connectivity index (χ4n) is 3.75. The number of ether oxygens (including phenoxy) is 2. The summed E-state index contributed by atoms with van der Waals surface area (Å²) in [5, 5.41) is 22.7. The molecule has 0 aromatic heterocycles. The number of hydrogen-bond donors (Lipinski definition) is 2. The number of aromatic hydroxyl groups is 1. The van der Waals surface area contributed by atoms with Gasteiger partial charge in [-0.3, -0.25) is 4.79 Å². The predicted molar refractivity (Wildman–Crippen MR) is 89.9 cm³/mol. The Kier molecular flexibility index (Phi) is 2.71. The first-order valence-corrected chi connectivity index (χ1v) is 8.03. The summed E-state index contributed by atoms with van der Waals surface area (Å²) in [5.41, 5.74) is 0.474. The first-order chi connectivity index (χ1) is 12.1. The molecule has 5 heteroatoms. The molecule has 3 aromatic carbocycles. The van der Waals surface area contributed by atoms with Crippen molar-refractivity contribution in [2.45, 2.75) is 18.3 Å². The Morgan fingerprint density at radius 1 is 0.960 bits per heavy atom. The molecule has 3 aromatic rings. The molecule has 5 rings (SSSR count). The second kappa shape index (κ2) is 4.74. The Morgan fingerprint density at radius 2 is 1.60 bits per heavy atom. The van der Waals surface area contributed by atoms with Gasteiger partial charge < -0.3 is 19.7 Å². The van der Waals surface area contributed by atoms with Gasteiger partial charge in [0.15, 0.2) is 5.78 Å². The van der Waals surface area contributed by atoms with E-state index >= 15 is 0 Å². The van der Waals surface area contributed by atoms with Crippen molar-refractivity contribution in [1.82, 2.24) is 0 Å². The topological polar surface area (TPSA) is 76.0 Å². The number of aliphatic hydroxyl groups excluding tert-OH is 1. The molecule has 0 unspecified atom stereocenters. The monoisotopic (exact) mass is 334 g/mol. The first-order valence-electron chi connectivity index (χ1n) is 8.03. The SMILES string of the molecule is O=C1C[C@H](O)C2(Oc3cccc4cccc(c34)O2)c2cccc(O)c21. The van der Waals surface area contributed by atoms with Gasteiger partial charge in [-0.15, -0.1) is 0 Å². The van der Waals surface area contributed by atoms with Crippen LogP contribution in [0.15, 0.2) is 54.6 Å². The van der Waals surface area contributed by atoms with Crippen LogP contribution in [0.2, 0.25) is 0 Å². The third-order valence-electron chi connectivity index (χ3n) is 4.87. The number of fused-ring (bicyclic) bond motifs is 2. The number of phenolic OH excluding ortho intramolecular Hbond substituents is 1. The molecular weight excluding hydrogens is 320 g/mol. The van der Waals surface area contributed by atoms with Gasteiger partial charge in [0, 0.05) is 6.42 Å². The summed E-state index contributed by atoms with van der Waals surface area (Å²) in [6.45, 7) is 0. The standard InChI is InChI=1S/C20H14O5/c21-13-7-3-6-12-19(13)14(22)10-17(23)20(12)24-15-8-1-4-11-5-2-9-16(25-20)18(11)15/h1-9,17,21,23H,10H2/t17-/m0/s1. The summed E-state index contributed by atoms with van der Waals surface area (Å²) < 4.78 is 12.3. The molecule has 0 saturated carbocycles. The lowest BCUT2D eigenvalue weighted by Gasteiger charge is -2.44. The van der Waals surface area contributed by atoms with Gasteiger partial charge in [0.1, 0.15) is 23.4 Å². The highest BCUT2D eigenvalue weighted by Crippen LogP contribution is 2.50. The number of carbonyl (C=O) groups is 1. The number of hydrogen-bond acceptors (Lipinski definition) is 5. The molecule has 1 atom stereocenters. The highest BCUT2D eigenvalue weighted by molar-refractivity contribution is 6.02. The van der Waals surface area contributed by atoms with E-state index in [4.69, 9.17) is 9.47 Å². The maximum atomic E-state index is 12.3. The second-order valence-electron chi connectivity index (χ2n) is 6.32. The highest BCUT2D eigenvalue weighted by Gasteiger charge is 2.54. The van der Waals surface area contributed by atoms with E-state index in [1.165, 1.54) is 6.07 Å². The third kappa shape index (κ3) is 1.78. The van der Waals surface area contributed by atoms with Gasteiger partial charge in [0.05, 0.1) is 16.5 Å². The van der Waals surface area contributed by atoms with Crippen LogP contribution in [-0.2, 0) is 5.79 Å². The number of rotatable bonds is 0. The Morgan fingerprint density at radius 3 is 2.28 bits per heavy atom. The normalized spacial score (nSPS) is 20.0. The molecule has 2 N–H and O–H groups in total. The molecule has 1 aliphatic carbocycles. The minimum atomic E-state index is -1.56. The van der Waals surface area contributed by atoms with Crippen molar-refractivity contribution < 1.29 is 24.5 Å². The summed E-state index contributed by atoms with van der Waals surface area (Å²) in [6.07, 6.45) is -1.39. The lowest BCUT2D eigenvalue weighted by Crippen LogP contribution is -2.55. The molecule has 1 spiro atoms. The molecule has 0 fully saturated rings. The van der Waals surface area contributed by atoms with E-state index in [2.05, 4.69) is 0 Å². The Labute approximate surface area is 143 Å². The van der Waals surface area contributed by atoms with E-state index in [0.717, 1.165) is 10.8 Å².